The Labute approximate surface area is 200 Å². The highest BCUT2D eigenvalue weighted by Gasteiger charge is 2.38. The van der Waals surface area contributed by atoms with Crippen LogP contribution in [0, 0.1) is 5.82 Å². The van der Waals surface area contributed by atoms with Crippen LogP contribution in [0.5, 0.6) is 11.5 Å². The van der Waals surface area contributed by atoms with E-state index in [4.69, 9.17) is 18.9 Å². The van der Waals surface area contributed by atoms with Gasteiger partial charge in [0, 0.05) is 56.7 Å². The molecule has 0 radical (unpaired) electrons. The van der Waals surface area contributed by atoms with E-state index in [0.29, 0.717) is 12.4 Å². The third-order valence-electron chi connectivity index (χ3n) is 6.83. The Kier molecular flexibility index (Phi) is 7.04. The number of ether oxygens (including phenoxy) is 4. The molecule has 0 saturated carbocycles. The van der Waals surface area contributed by atoms with Gasteiger partial charge in [0.05, 0.1) is 32.4 Å². The maximum absolute atomic E-state index is 13.1. The maximum Gasteiger partial charge on any atom is 0.170 e. The average molecular weight is 469 g/mol. The molecule has 2 fully saturated rings. The summed E-state index contributed by atoms with van der Waals surface area (Å²) < 4.78 is 38.6. The van der Waals surface area contributed by atoms with E-state index in [1.54, 1.807) is 19.2 Å². The van der Waals surface area contributed by atoms with Crippen LogP contribution in [0.15, 0.2) is 48.7 Å². The van der Waals surface area contributed by atoms with Gasteiger partial charge in [-0.25, -0.2) is 4.39 Å². The number of aryl methyl sites for hydroxylation is 1. The molecule has 6 nitrogen and oxygen atoms in total. The van der Waals surface area contributed by atoms with E-state index in [0.717, 1.165) is 70.8 Å². The Balaban J connectivity index is 1.24. The summed E-state index contributed by atoms with van der Waals surface area (Å²) >= 11 is 0. The van der Waals surface area contributed by atoms with Crippen LogP contribution in [0.25, 0.3) is 10.9 Å². The number of hydrogen-bond donors (Lipinski definition) is 0. The van der Waals surface area contributed by atoms with Gasteiger partial charge in [0.2, 0.25) is 0 Å². The molecule has 3 heterocycles. The molecule has 0 unspecified atom stereocenters. The third kappa shape index (κ3) is 5.22. The highest BCUT2D eigenvalue weighted by molar-refractivity contribution is 5.85. The largest absolute Gasteiger partial charge is 0.497 e. The van der Waals surface area contributed by atoms with Gasteiger partial charge in [-0.3, -0.25) is 4.90 Å². The number of fused-ring (bicyclic) bond motifs is 1. The molecule has 0 aliphatic carbocycles. The number of halogens is 1. The standard InChI is InChI=1S/C27H33FN2O4/c1-31-24-8-9-25-21(19-29-13-10-27(11-14-29)33-16-3-17-34-27)20-30(26(25)18-24)12-2-15-32-23-6-4-22(28)5-7-23/h4-9,18,20H,2-3,10-17,19H2,1H3. The van der Waals surface area contributed by atoms with Gasteiger partial charge < -0.3 is 23.5 Å². The molecule has 182 valence electrons. The number of rotatable bonds is 8. The highest BCUT2D eigenvalue weighted by atomic mass is 19.1. The number of hydrogen-bond acceptors (Lipinski definition) is 5. The van der Waals surface area contributed by atoms with E-state index >= 15 is 0 Å². The van der Waals surface area contributed by atoms with Crippen LogP contribution in [-0.4, -0.2) is 55.3 Å². The fourth-order valence-corrected chi connectivity index (χ4v) is 4.94. The fourth-order valence-electron chi connectivity index (χ4n) is 4.94. The van der Waals surface area contributed by atoms with Crippen LogP contribution in [0.4, 0.5) is 4.39 Å². The first kappa shape index (κ1) is 23.1. The lowest BCUT2D eigenvalue weighted by Crippen LogP contribution is -2.49. The summed E-state index contributed by atoms with van der Waals surface area (Å²) in [5.74, 6) is 0.929. The molecule has 2 aromatic carbocycles. The van der Waals surface area contributed by atoms with Crippen LogP contribution >= 0.6 is 0 Å². The predicted molar refractivity (Wildman–Crippen MR) is 129 cm³/mol. The Morgan fingerprint density at radius 2 is 1.74 bits per heavy atom. The van der Waals surface area contributed by atoms with Crippen molar-refractivity contribution in [3.8, 4) is 11.5 Å². The zero-order valence-corrected chi connectivity index (χ0v) is 19.8. The quantitative estimate of drug-likeness (QED) is 0.436. The summed E-state index contributed by atoms with van der Waals surface area (Å²) in [6.45, 7) is 5.84. The molecule has 7 heteroatoms. The molecule has 34 heavy (non-hydrogen) atoms. The van der Waals surface area contributed by atoms with Crippen molar-refractivity contribution in [3.05, 3.63) is 60.0 Å². The van der Waals surface area contributed by atoms with Gasteiger partial charge in [-0.2, -0.15) is 0 Å². The Morgan fingerprint density at radius 3 is 2.47 bits per heavy atom. The minimum atomic E-state index is -0.360. The van der Waals surface area contributed by atoms with Crippen LogP contribution < -0.4 is 9.47 Å². The molecule has 1 spiro atoms. The number of nitrogens with zero attached hydrogens (tertiary/aromatic N) is 2. The Hall–Kier alpha value is -2.61. The minimum Gasteiger partial charge on any atom is -0.497 e. The zero-order valence-electron chi connectivity index (χ0n) is 19.8. The van der Waals surface area contributed by atoms with Gasteiger partial charge in [0.15, 0.2) is 5.79 Å². The smallest absolute Gasteiger partial charge is 0.170 e. The van der Waals surface area contributed by atoms with Crippen molar-refractivity contribution in [1.29, 1.82) is 0 Å². The Morgan fingerprint density at radius 1 is 1.00 bits per heavy atom. The molecule has 0 bridgehead atoms. The highest BCUT2D eigenvalue weighted by Crippen LogP contribution is 2.33. The summed E-state index contributed by atoms with van der Waals surface area (Å²) in [5, 5.41) is 1.26. The van der Waals surface area contributed by atoms with Crippen LogP contribution in [0.2, 0.25) is 0 Å². The summed E-state index contributed by atoms with van der Waals surface area (Å²) in [6, 6.07) is 12.5. The number of methoxy groups -OCH3 is 1. The van der Waals surface area contributed by atoms with E-state index in [9.17, 15) is 4.39 Å². The zero-order chi connectivity index (χ0) is 23.4. The second-order valence-corrected chi connectivity index (χ2v) is 9.12. The molecular weight excluding hydrogens is 435 g/mol. The second kappa shape index (κ2) is 10.3. The molecule has 5 rings (SSSR count). The van der Waals surface area contributed by atoms with E-state index in [-0.39, 0.29) is 11.6 Å². The van der Waals surface area contributed by atoms with Gasteiger partial charge >= 0.3 is 0 Å². The van der Waals surface area contributed by atoms with Crippen LogP contribution in [0.1, 0.15) is 31.2 Å². The Bertz CT molecular complexity index is 1080. The molecule has 2 aliphatic rings. The van der Waals surface area contributed by atoms with Crippen molar-refractivity contribution in [2.75, 3.05) is 40.0 Å². The lowest BCUT2D eigenvalue weighted by molar-refractivity contribution is -0.284. The second-order valence-electron chi connectivity index (χ2n) is 9.12. The van der Waals surface area contributed by atoms with Gasteiger partial charge in [0.25, 0.3) is 0 Å². The molecule has 0 amide bonds. The van der Waals surface area contributed by atoms with Gasteiger partial charge in [-0.15, -0.1) is 0 Å². The molecular formula is C27H33FN2O4. The van der Waals surface area contributed by atoms with E-state index in [1.807, 2.05) is 6.07 Å². The average Bonchev–Trinajstić information content (AvgIpc) is 3.21. The predicted octanol–water partition coefficient (Wildman–Crippen LogP) is 4.99. The third-order valence-corrected chi connectivity index (χ3v) is 6.83. The molecule has 2 saturated heterocycles. The first-order valence-electron chi connectivity index (χ1n) is 12.2. The first-order valence-corrected chi connectivity index (χ1v) is 12.2. The van der Waals surface area contributed by atoms with Crippen LogP contribution in [0.3, 0.4) is 0 Å². The molecule has 0 atom stereocenters. The van der Waals surface area contributed by atoms with Crippen molar-refractivity contribution in [3.63, 3.8) is 0 Å². The summed E-state index contributed by atoms with van der Waals surface area (Å²) in [7, 11) is 1.70. The monoisotopic (exact) mass is 468 g/mol. The van der Waals surface area contributed by atoms with E-state index in [2.05, 4.69) is 27.8 Å². The lowest BCUT2D eigenvalue weighted by Gasteiger charge is -2.43. The van der Waals surface area contributed by atoms with E-state index in [1.165, 1.54) is 28.6 Å². The summed E-state index contributed by atoms with van der Waals surface area (Å²) in [5.41, 5.74) is 2.49. The summed E-state index contributed by atoms with van der Waals surface area (Å²) in [4.78, 5) is 2.49. The molecule has 2 aliphatic heterocycles. The molecule has 1 aromatic heterocycles. The molecule has 3 aromatic rings. The fraction of sp³-hybridized carbons (Fsp3) is 0.481. The van der Waals surface area contributed by atoms with Crippen molar-refractivity contribution < 1.29 is 23.3 Å². The number of piperidine rings is 1. The van der Waals surface area contributed by atoms with Gasteiger partial charge in [0.1, 0.15) is 17.3 Å². The lowest BCUT2D eigenvalue weighted by atomic mass is 10.0. The van der Waals surface area contributed by atoms with Crippen molar-refractivity contribution in [2.45, 2.75) is 44.6 Å². The summed E-state index contributed by atoms with van der Waals surface area (Å²) in [6.07, 6.45) is 5.93. The van der Waals surface area contributed by atoms with Gasteiger partial charge in [-0.05, 0) is 54.8 Å². The topological polar surface area (TPSA) is 45.1 Å². The first-order chi connectivity index (χ1) is 16.6. The number of benzene rings is 2. The number of likely N-dealkylation sites (tertiary alicyclic amines) is 1. The van der Waals surface area contributed by atoms with Crippen LogP contribution in [-0.2, 0) is 22.6 Å². The number of aromatic nitrogens is 1. The van der Waals surface area contributed by atoms with Crippen molar-refractivity contribution in [1.82, 2.24) is 9.47 Å². The van der Waals surface area contributed by atoms with Crippen molar-refractivity contribution >= 4 is 10.9 Å². The normalized spacial score (nSPS) is 18.4. The SMILES string of the molecule is COc1ccc2c(CN3CCC4(CC3)OCCCO4)cn(CCCOc3ccc(F)cc3)c2c1. The van der Waals surface area contributed by atoms with Crippen molar-refractivity contribution in [2.24, 2.45) is 0 Å². The maximum atomic E-state index is 13.1. The molecule has 0 N–H and O–H groups in total. The van der Waals surface area contributed by atoms with Gasteiger partial charge in [-0.1, -0.05) is 0 Å². The van der Waals surface area contributed by atoms with E-state index < -0.39 is 0 Å². The minimum absolute atomic E-state index is 0.254.